The molecule has 1 fully saturated rings. The molecule has 2 N–H and O–H groups in total. The van der Waals surface area contributed by atoms with Crippen molar-refractivity contribution in [2.75, 3.05) is 7.11 Å². The number of aryl methyl sites for hydroxylation is 1. The summed E-state index contributed by atoms with van der Waals surface area (Å²) in [5, 5.41) is 3.88. The third-order valence-corrected chi connectivity index (χ3v) is 9.86. The Bertz CT molecular complexity index is 1760. The smallest absolute Gasteiger partial charge is 0.247 e. The Hall–Kier alpha value is -3.89. The second-order valence-corrected chi connectivity index (χ2v) is 13.7. The Kier molecular flexibility index (Phi) is 11.0. The minimum atomic E-state index is -3.57. The molecule has 5 rings (SSSR count). The highest BCUT2D eigenvalue weighted by Crippen LogP contribution is 2.27. The van der Waals surface area contributed by atoms with E-state index in [4.69, 9.17) is 27.9 Å². The van der Waals surface area contributed by atoms with Crippen LogP contribution in [0.15, 0.2) is 102 Å². The first-order valence-electron chi connectivity index (χ1n) is 14.9. The number of amides is 2. The standard InChI is InChI=1S/C35H35Cl2N3O5S/c1-45-30-16-7-25(8-17-30)23-40(33(41)20-11-24-9-18-31(19-10-24)46(43,44)39-29-14-15-29)34(26-5-3-2-4-6-26)35(42)38-22-27-12-13-28(36)21-32(27)37/h2-10,12-13,16-19,21,29,34,39H,11,14-15,20,22-23H2,1H3,(H,38,42)/t34-/m1/s1. The molecule has 1 aliphatic carbocycles. The summed E-state index contributed by atoms with van der Waals surface area (Å²) in [7, 11) is -1.99. The zero-order valence-corrected chi connectivity index (χ0v) is 27.6. The van der Waals surface area contributed by atoms with Crippen molar-refractivity contribution in [3.05, 3.63) is 129 Å². The molecule has 0 spiro atoms. The second kappa shape index (κ2) is 15.1. The molecule has 2 amide bonds. The number of halogens is 2. The van der Waals surface area contributed by atoms with Gasteiger partial charge in [0.1, 0.15) is 11.8 Å². The number of carbonyl (C=O) groups excluding carboxylic acids is 2. The minimum Gasteiger partial charge on any atom is -0.497 e. The van der Waals surface area contributed by atoms with E-state index in [1.807, 2.05) is 54.6 Å². The van der Waals surface area contributed by atoms with Crippen molar-refractivity contribution < 1.29 is 22.7 Å². The van der Waals surface area contributed by atoms with Crippen LogP contribution in [0.3, 0.4) is 0 Å². The molecule has 240 valence electrons. The zero-order valence-electron chi connectivity index (χ0n) is 25.3. The van der Waals surface area contributed by atoms with Crippen LogP contribution in [0.5, 0.6) is 5.75 Å². The van der Waals surface area contributed by atoms with Gasteiger partial charge in [-0.25, -0.2) is 13.1 Å². The maximum absolute atomic E-state index is 14.1. The highest BCUT2D eigenvalue weighted by Gasteiger charge is 2.32. The van der Waals surface area contributed by atoms with E-state index >= 15 is 0 Å². The first-order chi connectivity index (χ1) is 22.1. The van der Waals surface area contributed by atoms with Gasteiger partial charge in [-0.05, 0) is 77.9 Å². The summed E-state index contributed by atoms with van der Waals surface area (Å²) in [5.74, 6) is 0.0739. The van der Waals surface area contributed by atoms with Crippen molar-refractivity contribution in [3.8, 4) is 5.75 Å². The van der Waals surface area contributed by atoms with E-state index in [1.54, 1.807) is 54.5 Å². The largest absolute Gasteiger partial charge is 0.497 e. The molecule has 4 aromatic rings. The first kappa shape index (κ1) is 33.5. The number of methoxy groups -OCH3 is 1. The number of rotatable bonds is 14. The Morgan fingerprint density at radius 1 is 0.913 bits per heavy atom. The van der Waals surface area contributed by atoms with Crippen molar-refractivity contribution in [1.82, 2.24) is 14.9 Å². The zero-order chi connectivity index (χ0) is 32.7. The normalized spacial score (nSPS) is 13.5. The van der Waals surface area contributed by atoms with E-state index in [-0.39, 0.29) is 42.3 Å². The van der Waals surface area contributed by atoms with Gasteiger partial charge in [0, 0.05) is 35.6 Å². The van der Waals surface area contributed by atoms with Gasteiger partial charge in [0.25, 0.3) is 0 Å². The van der Waals surface area contributed by atoms with Crippen LogP contribution in [-0.2, 0) is 39.1 Å². The highest BCUT2D eigenvalue weighted by atomic mass is 35.5. The summed E-state index contributed by atoms with van der Waals surface area (Å²) in [6.45, 7) is 0.315. The van der Waals surface area contributed by atoms with Gasteiger partial charge in [-0.3, -0.25) is 9.59 Å². The molecule has 0 bridgehead atoms. The van der Waals surface area contributed by atoms with Gasteiger partial charge >= 0.3 is 0 Å². The van der Waals surface area contributed by atoms with Crippen molar-refractivity contribution in [2.24, 2.45) is 0 Å². The molecule has 11 heteroatoms. The fraction of sp³-hybridized carbons (Fsp3) is 0.257. The molecule has 0 aromatic heterocycles. The number of sulfonamides is 1. The van der Waals surface area contributed by atoms with Crippen LogP contribution >= 0.6 is 23.2 Å². The highest BCUT2D eigenvalue weighted by molar-refractivity contribution is 7.89. The van der Waals surface area contributed by atoms with Crippen LogP contribution in [0.2, 0.25) is 10.0 Å². The lowest BCUT2D eigenvalue weighted by Crippen LogP contribution is -2.43. The van der Waals surface area contributed by atoms with E-state index in [0.29, 0.717) is 33.3 Å². The number of benzene rings is 4. The lowest BCUT2D eigenvalue weighted by Gasteiger charge is -2.32. The second-order valence-electron chi connectivity index (χ2n) is 11.2. The Morgan fingerprint density at radius 2 is 1.59 bits per heavy atom. The van der Waals surface area contributed by atoms with Crippen LogP contribution in [-0.4, -0.2) is 38.3 Å². The van der Waals surface area contributed by atoms with Gasteiger partial charge in [-0.1, -0.05) is 83.9 Å². The van der Waals surface area contributed by atoms with E-state index in [2.05, 4.69) is 10.0 Å². The van der Waals surface area contributed by atoms with Gasteiger partial charge in [-0.2, -0.15) is 0 Å². The quantitative estimate of drug-likeness (QED) is 0.159. The van der Waals surface area contributed by atoms with Gasteiger partial charge in [0.15, 0.2) is 0 Å². The molecule has 0 radical (unpaired) electrons. The molecular formula is C35H35Cl2N3O5S. The molecule has 0 aliphatic heterocycles. The van der Waals surface area contributed by atoms with Crippen LogP contribution in [0.4, 0.5) is 0 Å². The van der Waals surface area contributed by atoms with E-state index in [1.165, 1.54) is 0 Å². The van der Waals surface area contributed by atoms with Crippen molar-refractivity contribution >= 4 is 45.0 Å². The Morgan fingerprint density at radius 3 is 2.22 bits per heavy atom. The predicted molar refractivity (Wildman–Crippen MR) is 179 cm³/mol. The molecule has 8 nitrogen and oxygen atoms in total. The molecule has 1 atom stereocenters. The third kappa shape index (κ3) is 8.88. The average molecular weight is 681 g/mol. The molecule has 46 heavy (non-hydrogen) atoms. The lowest BCUT2D eigenvalue weighted by molar-refractivity contribution is -0.141. The SMILES string of the molecule is COc1ccc(CN(C(=O)CCc2ccc(S(=O)(=O)NC3CC3)cc2)[C@@H](C(=O)NCc2ccc(Cl)cc2Cl)c2ccccc2)cc1. The summed E-state index contributed by atoms with van der Waals surface area (Å²) in [6.07, 6.45) is 2.16. The minimum absolute atomic E-state index is 0.0110. The predicted octanol–water partition coefficient (Wildman–Crippen LogP) is 6.46. The van der Waals surface area contributed by atoms with Crippen LogP contribution in [0, 0.1) is 0 Å². The van der Waals surface area contributed by atoms with Crippen molar-refractivity contribution in [2.45, 2.75) is 55.8 Å². The maximum Gasteiger partial charge on any atom is 0.247 e. The van der Waals surface area contributed by atoms with E-state index in [9.17, 15) is 18.0 Å². The van der Waals surface area contributed by atoms with Crippen LogP contribution < -0.4 is 14.8 Å². The summed E-state index contributed by atoms with van der Waals surface area (Å²) in [4.78, 5) is 29.8. The Labute approximate surface area is 279 Å². The lowest BCUT2D eigenvalue weighted by atomic mass is 10.0. The maximum atomic E-state index is 14.1. The number of carbonyl (C=O) groups is 2. The fourth-order valence-electron chi connectivity index (χ4n) is 5.02. The van der Waals surface area contributed by atoms with E-state index in [0.717, 1.165) is 24.0 Å². The summed E-state index contributed by atoms with van der Waals surface area (Å²) in [6, 6.07) is 27.2. The van der Waals surface area contributed by atoms with Gasteiger partial charge in [0.2, 0.25) is 21.8 Å². The Balaban J connectivity index is 1.38. The van der Waals surface area contributed by atoms with Gasteiger partial charge in [0.05, 0.1) is 12.0 Å². The number of hydrogen-bond acceptors (Lipinski definition) is 5. The fourth-order valence-corrected chi connectivity index (χ4v) is 6.80. The summed E-state index contributed by atoms with van der Waals surface area (Å²) in [5.41, 5.74) is 2.97. The summed E-state index contributed by atoms with van der Waals surface area (Å²) < 4.78 is 33.1. The average Bonchev–Trinajstić information content (AvgIpc) is 3.87. The summed E-state index contributed by atoms with van der Waals surface area (Å²) >= 11 is 12.4. The molecule has 0 heterocycles. The van der Waals surface area contributed by atoms with Crippen molar-refractivity contribution in [3.63, 3.8) is 0 Å². The number of ether oxygens (including phenoxy) is 1. The topological polar surface area (TPSA) is 105 Å². The van der Waals surface area contributed by atoms with Gasteiger partial charge < -0.3 is 15.0 Å². The number of hydrogen-bond donors (Lipinski definition) is 2. The molecule has 1 saturated carbocycles. The van der Waals surface area contributed by atoms with Crippen LogP contribution in [0.1, 0.15) is 47.6 Å². The molecule has 0 saturated heterocycles. The molecule has 0 unspecified atom stereocenters. The third-order valence-electron chi connectivity index (χ3n) is 7.74. The first-order valence-corrected chi connectivity index (χ1v) is 17.2. The van der Waals surface area contributed by atoms with Crippen molar-refractivity contribution in [1.29, 1.82) is 0 Å². The van der Waals surface area contributed by atoms with E-state index < -0.39 is 16.1 Å². The molecular weight excluding hydrogens is 645 g/mol. The van der Waals surface area contributed by atoms with Gasteiger partial charge in [-0.15, -0.1) is 0 Å². The van der Waals surface area contributed by atoms with Crippen LogP contribution in [0.25, 0.3) is 0 Å². The molecule has 1 aliphatic rings. The monoisotopic (exact) mass is 679 g/mol. The number of nitrogens with zero attached hydrogens (tertiary/aromatic N) is 1. The molecule has 4 aromatic carbocycles. The number of nitrogens with one attached hydrogen (secondary N) is 2.